The average Bonchev–Trinajstić information content (AvgIpc) is 2.39. The second-order valence-electron chi connectivity index (χ2n) is 4.00. The second-order valence-corrected chi connectivity index (χ2v) is 4.00. The molecule has 0 aliphatic rings. The zero-order valence-electron chi connectivity index (χ0n) is 10.7. The molecule has 0 bridgehead atoms. The lowest BCUT2D eigenvalue weighted by Gasteiger charge is -2.18. The summed E-state index contributed by atoms with van der Waals surface area (Å²) in [6.45, 7) is 3.25. The van der Waals surface area contributed by atoms with Gasteiger partial charge in [0.2, 0.25) is 5.91 Å². The Labute approximate surface area is 108 Å². The summed E-state index contributed by atoms with van der Waals surface area (Å²) in [5, 5.41) is 8.76. The Morgan fingerprint density at radius 2 is 2.06 bits per heavy atom. The van der Waals surface area contributed by atoms with E-state index in [0.29, 0.717) is 25.2 Å². The van der Waals surface area contributed by atoms with Crippen molar-refractivity contribution in [1.29, 1.82) is 0 Å². The highest BCUT2D eigenvalue weighted by Crippen LogP contribution is 2.07. The summed E-state index contributed by atoms with van der Waals surface area (Å²) in [5.41, 5.74) is 7.23. The monoisotopic (exact) mass is 248 g/mol. The average molecular weight is 248 g/mol. The van der Waals surface area contributed by atoms with Crippen molar-refractivity contribution in [1.82, 2.24) is 4.90 Å². The van der Waals surface area contributed by atoms with E-state index in [1.54, 1.807) is 29.2 Å². The van der Waals surface area contributed by atoms with Gasteiger partial charge >= 0.3 is 0 Å². The maximum absolute atomic E-state index is 11.9. The molecule has 4 heteroatoms. The highest BCUT2D eigenvalue weighted by Gasteiger charge is 2.06. The molecule has 98 valence electrons. The lowest BCUT2D eigenvalue weighted by molar-refractivity contribution is -0.125. The van der Waals surface area contributed by atoms with Gasteiger partial charge < -0.3 is 15.7 Å². The lowest BCUT2D eigenvalue weighted by Crippen LogP contribution is -2.30. The fourth-order valence-electron chi connectivity index (χ4n) is 1.57. The van der Waals surface area contributed by atoms with E-state index in [0.717, 1.165) is 5.56 Å². The molecule has 0 fully saturated rings. The van der Waals surface area contributed by atoms with E-state index in [9.17, 15) is 4.79 Å². The molecule has 0 spiro atoms. The maximum Gasteiger partial charge on any atom is 0.246 e. The molecule has 1 amide bonds. The van der Waals surface area contributed by atoms with Crippen molar-refractivity contribution in [3.8, 4) is 0 Å². The molecule has 0 aliphatic carbocycles. The summed E-state index contributed by atoms with van der Waals surface area (Å²) < 4.78 is 0. The minimum Gasteiger partial charge on any atom is -0.399 e. The molecule has 1 aromatic carbocycles. The van der Waals surface area contributed by atoms with Gasteiger partial charge in [-0.1, -0.05) is 12.1 Å². The Balaban J connectivity index is 2.59. The number of hydrogen-bond acceptors (Lipinski definition) is 3. The Morgan fingerprint density at radius 3 is 2.61 bits per heavy atom. The van der Waals surface area contributed by atoms with Crippen LogP contribution in [0.15, 0.2) is 30.3 Å². The van der Waals surface area contributed by atoms with Crippen molar-refractivity contribution in [2.75, 3.05) is 25.4 Å². The number of aliphatic hydroxyl groups excluding tert-OH is 1. The summed E-state index contributed by atoms with van der Waals surface area (Å²) in [5.74, 6) is -0.0391. The Bertz CT molecular complexity index is 399. The fourth-order valence-corrected chi connectivity index (χ4v) is 1.57. The zero-order chi connectivity index (χ0) is 13.4. The molecule has 1 rings (SSSR count). The van der Waals surface area contributed by atoms with E-state index >= 15 is 0 Å². The third-order valence-corrected chi connectivity index (χ3v) is 2.63. The maximum atomic E-state index is 11.9. The van der Waals surface area contributed by atoms with Crippen LogP contribution in [-0.4, -0.2) is 35.6 Å². The van der Waals surface area contributed by atoms with Gasteiger partial charge in [0.05, 0.1) is 0 Å². The number of rotatable bonds is 6. The molecular weight excluding hydrogens is 228 g/mol. The summed E-state index contributed by atoms with van der Waals surface area (Å²) in [4.78, 5) is 13.6. The number of benzene rings is 1. The van der Waals surface area contributed by atoms with E-state index in [1.165, 1.54) is 0 Å². The van der Waals surface area contributed by atoms with Crippen molar-refractivity contribution < 1.29 is 9.90 Å². The van der Waals surface area contributed by atoms with E-state index < -0.39 is 0 Å². The normalized spacial score (nSPS) is 10.8. The number of hydrogen-bond donors (Lipinski definition) is 2. The van der Waals surface area contributed by atoms with E-state index in [2.05, 4.69) is 0 Å². The van der Waals surface area contributed by atoms with Gasteiger partial charge in [-0.2, -0.15) is 0 Å². The number of nitrogen functional groups attached to an aromatic ring is 1. The molecule has 0 atom stereocenters. The predicted molar refractivity (Wildman–Crippen MR) is 73.8 cm³/mol. The van der Waals surface area contributed by atoms with Gasteiger partial charge in [0.1, 0.15) is 0 Å². The van der Waals surface area contributed by atoms with Crippen LogP contribution in [0.2, 0.25) is 0 Å². The number of likely N-dealkylation sites (N-methyl/N-ethyl adjacent to an activating group) is 1. The molecule has 0 aliphatic heterocycles. The summed E-state index contributed by atoms with van der Waals surface area (Å²) in [6, 6.07) is 7.33. The molecule has 0 radical (unpaired) electrons. The first kappa shape index (κ1) is 14.3. The summed E-state index contributed by atoms with van der Waals surface area (Å²) >= 11 is 0. The van der Waals surface area contributed by atoms with Crippen molar-refractivity contribution in [2.45, 2.75) is 13.3 Å². The van der Waals surface area contributed by atoms with Crippen LogP contribution in [0.4, 0.5) is 5.69 Å². The molecule has 4 nitrogen and oxygen atoms in total. The van der Waals surface area contributed by atoms with Gasteiger partial charge in [-0.05, 0) is 37.1 Å². The van der Waals surface area contributed by atoms with E-state index in [4.69, 9.17) is 10.8 Å². The molecule has 3 N–H and O–H groups in total. The molecule has 0 unspecified atom stereocenters. The quantitative estimate of drug-likeness (QED) is 0.592. The van der Waals surface area contributed by atoms with Gasteiger partial charge in [-0.3, -0.25) is 4.79 Å². The van der Waals surface area contributed by atoms with Gasteiger partial charge in [-0.25, -0.2) is 0 Å². The smallest absolute Gasteiger partial charge is 0.246 e. The van der Waals surface area contributed by atoms with Gasteiger partial charge in [0.15, 0.2) is 0 Å². The van der Waals surface area contributed by atoms with Gasteiger partial charge in [0.25, 0.3) is 0 Å². The highest BCUT2D eigenvalue weighted by molar-refractivity contribution is 5.91. The number of anilines is 1. The molecule has 0 saturated carbocycles. The topological polar surface area (TPSA) is 66.6 Å². The van der Waals surface area contributed by atoms with Crippen molar-refractivity contribution in [3.05, 3.63) is 35.9 Å². The summed E-state index contributed by atoms with van der Waals surface area (Å²) in [7, 11) is 0. The highest BCUT2D eigenvalue weighted by atomic mass is 16.3. The number of nitrogens with zero attached hydrogens (tertiary/aromatic N) is 1. The number of carbonyl (C=O) groups is 1. The first-order chi connectivity index (χ1) is 8.67. The molecule has 0 heterocycles. The number of aliphatic hydroxyl groups is 1. The molecule has 0 aromatic heterocycles. The van der Waals surface area contributed by atoms with Crippen LogP contribution in [0.25, 0.3) is 6.08 Å². The van der Waals surface area contributed by atoms with Crippen molar-refractivity contribution >= 4 is 17.7 Å². The van der Waals surface area contributed by atoms with Crippen LogP contribution in [-0.2, 0) is 4.79 Å². The number of nitrogens with two attached hydrogens (primary N) is 1. The molecule has 1 aromatic rings. The van der Waals surface area contributed by atoms with Crippen molar-refractivity contribution in [2.24, 2.45) is 0 Å². The molecular formula is C14H20N2O2. The van der Waals surface area contributed by atoms with Crippen LogP contribution >= 0.6 is 0 Å². The Hall–Kier alpha value is -1.81. The Kier molecular flexibility index (Phi) is 5.94. The predicted octanol–water partition coefficient (Wildman–Crippen LogP) is 1.51. The fraction of sp³-hybridized carbons (Fsp3) is 0.357. The SMILES string of the molecule is CCN(CCCO)C(=O)/C=C/c1ccc(N)cc1. The minimum absolute atomic E-state index is 0.0391. The number of carbonyl (C=O) groups excluding carboxylic acids is 1. The van der Waals surface area contributed by atoms with Gasteiger partial charge in [0, 0.05) is 31.5 Å². The van der Waals surface area contributed by atoms with Crippen LogP contribution in [0, 0.1) is 0 Å². The third kappa shape index (κ3) is 4.59. The van der Waals surface area contributed by atoms with Gasteiger partial charge in [-0.15, -0.1) is 0 Å². The van der Waals surface area contributed by atoms with Crippen LogP contribution in [0.5, 0.6) is 0 Å². The third-order valence-electron chi connectivity index (χ3n) is 2.63. The van der Waals surface area contributed by atoms with Crippen molar-refractivity contribution in [3.63, 3.8) is 0 Å². The number of amides is 1. The van der Waals surface area contributed by atoms with Crippen LogP contribution in [0.1, 0.15) is 18.9 Å². The standard InChI is InChI=1S/C14H20N2O2/c1-2-16(10-3-11-17)14(18)9-6-12-4-7-13(15)8-5-12/h4-9,17H,2-3,10-11,15H2,1H3/b9-6+. The largest absolute Gasteiger partial charge is 0.399 e. The molecule has 0 saturated heterocycles. The summed E-state index contributed by atoms with van der Waals surface area (Å²) in [6.07, 6.45) is 3.92. The zero-order valence-corrected chi connectivity index (χ0v) is 10.7. The second kappa shape index (κ2) is 7.50. The minimum atomic E-state index is -0.0391. The lowest BCUT2D eigenvalue weighted by atomic mass is 10.2. The van der Waals surface area contributed by atoms with Crippen LogP contribution < -0.4 is 5.73 Å². The van der Waals surface area contributed by atoms with E-state index in [-0.39, 0.29) is 12.5 Å². The molecule has 18 heavy (non-hydrogen) atoms. The first-order valence-corrected chi connectivity index (χ1v) is 6.10. The first-order valence-electron chi connectivity index (χ1n) is 6.10. The Morgan fingerprint density at radius 1 is 1.39 bits per heavy atom. The van der Waals surface area contributed by atoms with Crippen LogP contribution in [0.3, 0.4) is 0 Å². The van der Waals surface area contributed by atoms with E-state index in [1.807, 2.05) is 19.1 Å².